The van der Waals surface area contributed by atoms with Gasteiger partial charge >= 0.3 is 0 Å². The second-order valence-corrected chi connectivity index (χ2v) is 6.05. The van der Waals surface area contributed by atoms with E-state index < -0.39 is 0 Å². The van der Waals surface area contributed by atoms with Crippen molar-refractivity contribution in [1.82, 2.24) is 0 Å². The Bertz CT molecular complexity index is 416. The molecular formula is C18H29NO. The summed E-state index contributed by atoms with van der Waals surface area (Å²) in [5.41, 5.74) is 2.69. The largest absolute Gasteiger partial charge is 0.493 e. The Morgan fingerprint density at radius 3 is 2.80 bits per heavy atom. The van der Waals surface area contributed by atoms with E-state index in [0.717, 1.165) is 18.8 Å². The molecule has 2 heteroatoms. The van der Waals surface area contributed by atoms with Gasteiger partial charge in [0.2, 0.25) is 0 Å². The number of rotatable bonds is 8. The first-order valence-electron chi connectivity index (χ1n) is 8.21. The number of unbranched alkanes of at least 4 members (excludes halogenated alkanes) is 4. The molecule has 0 bridgehead atoms. The van der Waals surface area contributed by atoms with E-state index in [2.05, 4.69) is 44.0 Å². The second-order valence-electron chi connectivity index (χ2n) is 6.05. The summed E-state index contributed by atoms with van der Waals surface area (Å²) in [7, 11) is 2.22. The first-order valence-corrected chi connectivity index (χ1v) is 8.21. The number of hydrogen-bond donors (Lipinski definition) is 0. The van der Waals surface area contributed by atoms with Crippen molar-refractivity contribution in [2.75, 3.05) is 18.6 Å². The van der Waals surface area contributed by atoms with Gasteiger partial charge in [0.25, 0.3) is 0 Å². The van der Waals surface area contributed by atoms with E-state index in [9.17, 15) is 0 Å². The molecule has 1 aliphatic rings. The summed E-state index contributed by atoms with van der Waals surface area (Å²) in [6.45, 7) is 5.45. The van der Waals surface area contributed by atoms with E-state index in [0.29, 0.717) is 6.04 Å². The van der Waals surface area contributed by atoms with Crippen molar-refractivity contribution in [2.24, 2.45) is 0 Å². The van der Waals surface area contributed by atoms with Gasteiger partial charge in [0, 0.05) is 25.2 Å². The average molecular weight is 275 g/mol. The SMILES string of the molecule is CCCCCCCC(C)N(C)c1ccc2c(c1)CCO2. The van der Waals surface area contributed by atoms with Gasteiger partial charge in [0.05, 0.1) is 6.61 Å². The van der Waals surface area contributed by atoms with Crippen molar-refractivity contribution in [3.63, 3.8) is 0 Å². The number of anilines is 1. The molecule has 0 saturated heterocycles. The number of ether oxygens (including phenoxy) is 1. The molecule has 112 valence electrons. The first kappa shape index (κ1) is 15.2. The highest BCUT2D eigenvalue weighted by atomic mass is 16.5. The van der Waals surface area contributed by atoms with Gasteiger partial charge in [-0.3, -0.25) is 0 Å². The van der Waals surface area contributed by atoms with Crippen molar-refractivity contribution in [2.45, 2.75) is 64.8 Å². The molecule has 0 aromatic heterocycles. The van der Waals surface area contributed by atoms with Crippen LogP contribution >= 0.6 is 0 Å². The minimum atomic E-state index is 0.608. The van der Waals surface area contributed by atoms with Gasteiger partial charge in [0.15, 0.2) is 0 Å². The smallest absolute Gasteiger partial charge is 0.122 e. The normalized spacial score (nSPS) is 14.8. The van der Waals surface area contributed by atoms with E-state index in [1.807, 2.05) is 0 Å². The molecule has 0 N–H and O–H groups in total. The fourth-order valence-electron chi connectivity index (χ4n) is 2.88. The lowest BCUT2D eigenvalue weighted by Crippen LogP contribution is -2.28. The first-order chi connectivity index (χ1) is 9.72. The van der Waals surface area contributed by atoms with Crippen LogP contribution in [0.2, 0.25) is 0 Å². The highest BCUT2D eigenvalue weighted by Gasteiger charge is 2.15. The van der Waals surface area contributed by atoms with Gasteiger partial charge in [-0.1, -0.05) is 39.0 Å². The Labute approximate surface area is 124 Å². The zero-order valence-electron chi connectivity index (χ0n) is 13.3. The van der Waals surface area contributed by atoms with Gasteiger partial charge in [-0.15, -0.1) is 0 Å². The molecular weight excluding hydrogens is 246 g/mol. The van der Waals surface area contributed by atoms with E-state index in [1.165, 1.54) is 49.8 Å². The zero-order valence-corrected chi connectivity index (χ0v) is 13.3. The average Bonchev–Trinajstić information content (AvgIpc) is 2.93. The Kier molecular flexibility index (Phi) is 5.75. The van der Waals surface area contributed by atoms with E-state index in [-0.39, 0.29) is 0 Å². The maximum Gasteiger partial charge on any atom is 0.122 e. The predicted octanol–water partition coefficient (Wildman–Crippen LogP) is 4.81. The highest BCUT2D eigenvalue weighted by molar-refractivity contribution is 5.54. The fraction of sp³-hybridized carbons (Fsp3) is 0.667. The third-order valence-electron chi connectivity index (χ3n) is 4.47. The quantitative estimate of drug-likeness (QED) is 0.631. The van der Waals surface area contributed by atoms with Crippen molar-refractivity contribution in [3.8, 4) is 5.75 Å². The number of fused-ring (bicyclic) bond motifs is 1. The van der Waals surface area contributed by atoms with Crippen molar-refractivity contribution < 1.29 is 4.74 Å². The summed E-state index contributed by atoms with van der Waals surface area (Å²) < 4.78 is 5.58. The maximum absolute atomic E-state index is 5.58. The van der Waals surface area contributed by atoms with E-state index >= 15 is 0 Å². The van der Waals surface area contributed by atoms with Crippen molar-refractivity contribution >= 4 is 5.69 Å². The topological polar surface area (TPSA) is 12.5 Å². The molecule has 0 radical (unpaired) electrons. The summed E-state index contributed by atoms with van der Waals surface area (Å²) in [5, 5.41) is 0. The molecule has 0 amide bonds. The van der Waals surface area contributed by atoms with Gasteiger partial charge in [-0.25, -0.2) is 0 Å². The van der Waals surface area contributed by atoms with Gasteiger partial charge < -0.3 is 9.64 Å². The molecule has 0 fully saturated rings. The molecule has 1 aliphatic heterocycles. The number of benzene rings is 1. The van der Waals surface area contributed by atoms with Crippen LogP contribution in [0.4, 0.5) is 5.69 Å². The van der Waals surface area contributed by atoms with Crippen molar-refractivity contribution in [1.29, 1.82) is 0 Å². The van der Waals surface area contributed by atoms with Crippen LogP contribution in [0, 0.1) is 0 Å². The summed E-state index contributed by atoms with van der Waals surface area (Å²) in [5.74, 6) is 1.08. The molecule has 1 aromatic rings. The Hall–Kier alpha value is -1.18. The summed E-state index contributed by atoms with van der Waals surface area (Å²) in [6.07, 6.45) is 9.17. The summed E-state index contributed by atoms with van der Waals surface area (Å²) >= 11 is 0. The molecule has 1 unspecified atom stereocenters. The minimum absolute atomic E-state index is 0.608. The molecule has 0 aliphatic carbocycles. The second kappa shape index (κ2) is 7.56. The van der Waals surface area contributed by atoms with Crippen LogP contribution in [0.25, 0.3) is 0 Å². The predicted molar refractivity (Wildman–Crippen MR) is 86.9 cm³/mol. The maximum atomic E-state index is 5.58. The van der Waals surface area contributed by atoms with Crippen LogP contribution < -0.4 is 9.64 Å². The van der Waals surface area contributed by atoms with Crippen LogP contribution in [0.5, 0.6) is 5.75 Å². The summed E-state index contributed by atoms with van der Waals surface area (Å²) in [6, 6.07) is 7.23. The molecule has 2 rings (SSSR count). The van der Waals surface area contributed by atoms with Gasteiger partial charge in [0.1, 0.15) is 5.75 Å². The van der Waals surface area contributed by atoms with Crippen LogP contribution in [0.3, 0.4) is 0 Å². The van der Waals surface area contributed by atoms with Crippen LogP contribution in [0.1, 0.15) is 57.9 Å². The third-order valence-corrected chi connectivity index (χ3v) is 4.47. The fourth-order valence-corrected chi connectivity index (χ4v) is 2.88. The number of hydrogen-bond acceptors (Lipinski definition) is 2. The van der Waals surface area contributed by atoms with Crippen LogP contribution in [-0.2, 0) is 6.42 Å². The van der Waals surface area contributed by atoms with E-state index in [1.54, 1.807) is 0 Å². The Morgan fingerprint density at radius 2 is 2.00 bits per heavy atom. The lowest BCUT2D eigenvalue weighted by atomic mass is 10.1. The lowest BCUT2D eigenvalue weighted by molar-refractivity contribution is 0.357. The molecule has 0 saturated carbocycles. The molecule has 0 spiro atoms. The van der Waals surface area contributed by atoms with Crippen LogP contribution in [0.15, 0.2) is 18.2 Å². The van der Waals surface area contributed by atoms with Gasteiger partial charge in [-0.05, 0) is 37.1 Å². The van der Waals surface area contributed by atoms with Crippen molar-refractivity contribution in [3.05, 3.63) is 23.8 Å². The molecule has 1 heterocycles. The molecule has 1 aromatic carbocycles. The highest BCUT2D eigenvalue weighted by Crippen LogP contribution is 2.30. The lowest BCUT2D eigenvalue weighted by Gasteiger charge is -2.27. The Balaban J connectivity index is 1.82. The zero-order chi connectivity index (χ0) is 14.4. The standard InChI is InChI=1S/C18H29NO/c1-4-5-6-7-8-9-15(2)19(3)17-10-11-18-16(14-17)12-13-20-18/h10-11,14-15H,4-9,12-13H2,1-3H3. The number of nitrogens with zero attached hydrogens (tertiary/aromatic N) is 1. The molecule has 20 heavy (non-hydrogen) atoms. The Morgan fingerprint density at radius 1 is 1.20 bits per heavy atom. The van der Waals surface area contributed by atoms with E-state index in [4.69, 9.17) is 4.74 Å². The summed E-state index contributed by atoms with van der Waals surface area (Å²) in [4.78, 5) is 2.42. The monoisotopic (exact) mass is 275 g/mol. The molecule has 2 nitrogen and oxygen atoms in total. The minimum Gasteiger partial charge on any atom is -0.493 e. The molecule has 1 atom stereocenters. The van der Waals surface area contributed by atoms with Crippen LogP contribution in [-0.4, -0.2) is 19.7 Å². The third kappa shape index (κ3) is 3.91. The van der Waals surface area contributed by atoms with Gasteiger partial charge in [-0.2, -0.15) is 0 Å².